The molecule has 0 radical (unpaired) electrons. The second-order valence-corrected chi connectivity index (χ2v) is 5.04. The fourth-order valence-corrected chi connectivity index (χ4v) is 2.42. The number of methoxy groups -OCH3 is 1. The highest BCUT2D eigenvalue weighted by atomic mass is 35.5. The summed E-state index contributed by atoms with van der Waals surface area (Å²) in [4.78, 5) is 10.9. The Bertz CT molecular complexity index is 616. The van der Waals surface area contributed by atoms with Gasteiger partial charge in [-0.05, 0) is 23.7 Å². The number of nitrogens with zero attached hydrogens (tertiary/aromatic N) is 2. The predicted molar refractivity (Wildman–Crippen MR) is 78.3 cm³/mol. The Morgan fingerprint density at radius 2 is 1.84 bits per heavy atom. The van der Waals surface area contributed by atoms with Gasteiger partial charge in [-0.25, -0.2) is 9.98 Å². The summed E-state index contributed by atoms with van der Waals surface area (Å²) >= 11 is 23.6. The van der Waals surface area contributed by atoms with E-state index in [0.29, 0.717) is 26.4 Å². The molecule has 0 fully saturated rings. The number of aromatic nitrogens is 2. The van der Waals surface area contributed by atoms with Crippen LogP contribution in [-0.2, 0) is 4.74 Å². The molecule has 0 saturated heterocycles. The molecule has 0 atom stereocenters. The molecule has 19 heavy (non-hydrogen) atoms. The normalized spacial score (nSPS) is 11.7. The summed E-state index contributed by atoms with van der Waals surface area (Å²) in [5, 5.41) is 1.29. The van der Waals surface area contributed by atoms with Crippen molar-refractivity contribution >= 4 is 58.0 Å². The maximum Gasteiger partial charge on any atom is 0.239 e. The highest BCUT2D eigenvalue weighted by Gasteiger charge is 2.12. The first-order valence-corrected chi connectivity index (χ1v) is 6.50. The zero-order chi connectivity index (χ0) is 14.0. The number of rotatable bonds is 2. The van der Waals surface area contributed by atoms with E-state index in [1.165, 1.54) is 13.3 Å². The lowest BCUT2D eigenvalue weighted by atomic mass is 10.3. The van der Waals surface area contributed by atoms with Crippen molar-refractivity contribution in [3.8, 4) is 0 Å². The third-order valence-corrected chi connectivity index (χ3v) is 3.15. The number of halogens is 4. The molecular formula is C11H7Cl4N3O. The van der Waals surface area contributed by atoms with Gasteiger partial charge in [0.1, 0.15) is 11.4 Å². The van der Waals surface area contributed by atoms with Crippen LogP contribution >= 0.6 is 46.4 Å². The molecule has 1 aromatic carbocycles. The molecule has 100 valence electrons. The summed E-state index contributed by atoms with van der Waals surface area (Å²) in [6.07, 6.45) is 1.49. The smallest absolute Gasteiger partial charge is 0.239 e. The number of nitrogens with one attached hydrogen (secondary N) is 1. The standard InChI is InChI=1S/C11H7Cl4N3O/c1-19-10(8-4-16-11(15)17-8)18-9-6(13)2-5(12)3-7(9)14/h2-4H,1H3,(H,16,17). The molecule has 0 aliphatic carbocycles. The molecule has 0 amide bonds. The Balaban J connectivity index is 2.49. The van der Waals surface area contributed by atoms with E-state index in [0.717, 1.165) is 0 Å². The quantitative estimate of drug-likeness (QED) is 0.634. The summed E-state index contributed by atoms with van der Waals surface area (Å²) in [7, 11) is 1.46. The maximum absolute atomic E-state index is 6.05. The van der Waals surface area contributed by atoms with Crippen molar-refractivity contribution in [3.05, 3.63) is 44.4 Å². The second-order valence-electron chi connectivity index (χ2n) is 3.43. The molecule has 0 unspecified atom stereocenters. The van der Waals surface area contributed by atoms with Gasteiger partial charge in [0.25, 0.3) is 0 Å². The first-order valence-electron chi connectivity index (χ1n) is 4.99. The highest BCUT2D eigenvalue weighted by Crippen LogP contribution is 2.36. The molecule has 4 nitrogen and oxygen atoms in total. The number of aromatic amines is 1. The molecule has 1 N–H and O–H groups in total. The molecule has 0 spiro atoms. The SMILES string of the molecule is COC(=Nc1c(Cl)cc(Cl)cc1Cl)c1cnc(Cl)[nH]1. The van der Waals surface area contributed by atoms with Gasteiger partial charge in [0.05, 0.1) is 23.4 Å². The van der Waals surface area contributed by atoms with Gasteiger partial charge >= 0.3 is 0 Å². The Labute approximate surface area is 129 Å². The number of H-pyrrole nitrogens is 1. The largest absolute Gasteiger partial charge is 0.479 e. The average Bonchev–Trinajstić information content (AvgIpc) is 2.75. The van der Waals surface area contributed by atoms with Crippen LogP contribution in [-0.4, -0.2) is 23.0 Å². The van der Waals surface area contributed by atoms with Crippen molar-refractivity contribution in [1.29, 1.82) is 0 Å². The van der Waals surface area contributed by atoms with E-state index in [1.54, 1.807) is 12.1 Å². The molecule has 2 aromatic rings. The van der Waals surface area contributed by atoms with Crippen molar-refractivity contribution in [2.45, 2.75) is 0 Å². The number of aliphatic imine (C=N–C) groups is 1. The van der Waals surface area contributed by atoms with Gasteiger partial charge in [-0.15, -0.1) is 0 Å². The molecular weight excluding hydrogens is 332 g/mol. The fourth-order valence-electron chi connectivity index (χ4n) is 1.36. The van der Waals surface area contributed by atoms with E-state index >= 15 is 0 Å². The van der Waals surface area contributed by atoms with Crippen LogP contribution in [0.4, 0.5) is 5.69 Å². The van der Waals surface area contributed by atoms with E-state index < -0.39 is 0 Å². The zero-order valence-electron chi connectivity index (χ0n) is 9.55. The lowest BCUT2D eigenvalue weighted by Crippen LogP contribution is -2.03. The van der Waals surface area contributed by atoms with Gasteiger partial charge in [0, 0.05) is 5.02 Å². The topological polar surface area (TPSA) is 50.3 Å². The van der Waals surface area contributed by atoms with Gasteiger partial charge < -0.3 is 9.72 Å². The summed E-state index contributed by atoms with van der Waals surface area (Å²) in [5.74, 6) is 0.255. The van der Waals surface area contributed by atoms with Crippen LogP contribution in [0.3, 0.4) is 0 Å². The summed E-state index contributed by atoms with van der Waals surface area (Å²) in [6.45, 7) is 0. The molecule has 0 aliphatic heterocycles. The Morgan fingerprint density at radius 1 is 1.21 bits per heavy atom. The van der Waals surface area contributed by atoms with E-state index in [-0.39, 0.29) is 11.2 Å². The zero-order valence-corrected chi connectivity index (χ0v) is 12.6. The lowest BCUT2D eigenvalue weighted by molar-refractivity contribution is 0.404. The Morgan fingerprint density at radius 3 is 2.32 bits per heavy atom. The van der Waals surface area contributed by atoms with Crippen molar-refractivity contribution in [2.24, 2.45) is 4.99 Å². The van der Waals surface area contributed by atoms with E-state index in [2.05, 4.69) is 15.0 Å². The van der Waals surface area contributed by atoms with E-state index in [9.17, 15) is 0 Å². The minimum atomic E-state index is 0.230. The van der Waals surface area contributed by atoms with Crippen LogP contribution in [0.5, 0.6) is 0 Å². The van der Waals surface area contributed by atoms with Crippen molar-refractivity contribution in [2.75, 3.05) is 7.11 Å². The fraction of sp³-hybridized carbons (Fsp3) is 0.0909. The van der Waals surface area contributed by atoms with Crippen molar-refractivity contribution in [1.82, 2.24) is 9.97 Å². The van der Waals surface area contributed by atoms with Gasteiger partial charge in [0.2, 0.25) is 11.2 Å². The molecule has 1 aromatic heterocycles. The van der Waals surface area contributed by atoms with Crippen LogP contribution in [0.15, 0.2) is 23.3 Å². The summed E-state index contributed by atoms with van der Waals surface area (Å²) < 4.78 is 5.16. The molecule has 2 rings (SSSR count). The number of hydrogen-bond acceptors (Lipinski definition) is 3. The third kappa shape index (κ3) is 3.34. The van der Waals surface area contributed by atoms with Crippen LogP contribution in [0.1, 0.15) is 5.69 Å². The van der Waals surface area contributed by atoms with Gasteiger partial charge in [-0.3, -0.25) is 0 Å². The van der Waals surface area contributed by atoms with Crippen LogP contribution in [0.25, 0.3) is 0 Å². The van der Waals surface area contributed by atoms with Crippen molar-refractivity contribution < 1.29 is 4.74 Å². The molecule has 8 heteroatoms. The van der Waals surface area contributed by atoms with Gasteiger partial charge in [-0.2, -0.15) is 0 Å². The monoisotopic (exact) mass is 337 g/mol. The van der Waals surface area contributed by atoms with Crippen LogP contribution < -0.4 is 0 Å². The first kappa shape index (κ1) is 14.5. The summed E-state index contributed by atoms with van der Waals surface area (Å²) in [5.41, 5.74) is 0.866. The van der Waals surface area contributed by atoms with Crippen LogP contribution in [0.2, 0.25) is 20.4 Å². The van der Waals surface area contributed by atoms with Crippen LogP contribution in [0, 0.1) is 0 Å². The number of imidazole rings is 1. The third-order valence-electron chi connectivity index (χ3n) is 2.16. The average molecular weight is 339 g/mol. The molecule has 0 bridgehead atoms. The number of hydrogen-bond donors (Lipinski definition) is 1. The Hall–Kier alpha value is -0.940. The van der Waals surface area contributed by atoms with E-state index in [1.807, 2.05) is 0 Å². The molecule has 0 saturated carbocycles. The minimum absolute atomic E-state index is 0.230. The van der Waals surface area contributed by atoms with Gasteiger partial charge in [0.15, 0.2) is 0 Å². The molecule has 1 heterocycles. The first-order chi connectivity index (χ1) is 9.01. The molecule has 0 aliphatic rings. The van der Waals surface area contributed by atoms with Crippen molar-refractivity contribution in [3.63, 3.8) is 0 Å². The summed E-state index contributed by atoms with van der Waals surface area (Å²) in [6, 6.07) is 3.09. The van der Waals surface area contributed by atoms with E-state index in [4.69, 9.17) is 51.1 Å². The number of ether oxygens (including phenoxy) is 1. The Kier molecular flexibility index (Phi) is 4.58. The minimum Gasteiger partial charge on any atom is -0.479 e. The predicted octanol–water partition coefficient (Wildman–Crippen LogP) is 4.75. The van der Waals surface area contributed by atoms with Gasteiger partial charge in [-0.1, -0.05) is 34.8 Å². The highest BCUT2D eigenvalue weighted by molar-refractivity contribution is 6.41. The lowest BCUT2D eigenvalue weighted by Gasteiger charge is -2.06. The number of benzene rings is 1. The maximum atomic E-state index is 6.05. The second kappa shape index (κ2) is 6.01.